The van der Waals surface area contributed by atoms with Crippen LogP contribution in [0, 0.1) is 11.8 Å². The van der Waals surface area contributed by atoms with E-state index in [-0.39, 0.29) is 0 Å². The lowest BCUT2D eigenvalue weighted by atomic mass is 10.3. The van der Waals surface area contributed by atoms with Gasteiger partial charge in [-0.25, -0.2) is 9.97 Å². The minimum Gasteiger partial charge on any atom is -0.368 e. The Morgan fingerprint density at radius 2 is 2.25 bits per heavy atom. The Balaban J connectivity index is 1.58. The first kappa shape index (κ1) is 12.6. The molecule has 0 unspecified atom stereocenters. The van der Waals surface area contributed by atoms with E-state index in [1.165, 1.54) is 0 Å². The van der Waals surface area contributed by atoms with Crippen molar-refractivity contribution in [1.82, 2.24) is 15.0 Å². The van der Waals surface area contributed by atoms with Gasteiger partial charge in [-0.3, -0.25) is 4.98 Å². The van der Waals surface area contributed by atoms with Crippen molar-refractivity contribution >= 4 is 27.4 Å². The molecule has 0 atom stereocenters. The smallest absolute Gasteiger partial charge is 0.138 e. The number of nitrogens with one attached hydrogen (secondary N) is 1. The van der Waals surface area contributed by atoms with Crippen LogP contribution in [0.2, 0.25) is 0 Å². The van der Waals surface area contributed by atoms with E-state index in [1.54, 1.807) is 30.1 Å². The Morgan fingerprint density at radius 1 is 1.25 bits per heavy atom. The number of aromatic nitrogens is 3. The average Bonchev–Trinajstić information content (AvgIpc) is 2.97. The highest BCUT2D eigenvalue weighted by atomic mass is 32.1. The molecule has 0 saturated heterocycles. The van der Waals surface area contributed by atoms with E-state index in [1.807, 2.05) is 23.6 Å². The largest absolute Gasteiger partial charge is 0.368 e. The molecule has 3 aromatic heterocycles. The highest BCUT2D eigenvalue weighted by molar-refractivity contribution is 7.16. The molecule has 0 fully saturated rings. The molecule has 0 saturated carbocycles. The topological polar surface area (TPSA) is 50.7 Å². The summed E-state index contributed by atoms with van der Waals surface area (Å²) in [6, 6.07) is 5.87. The number of rotatable bonds is 3. The van der Waals surface area contributed by atoms with Crippen molar-refractivity contribution in [3.8, 4) is 11.8 Å². The van der Waals surface area contributed by atoms with Gasteiger partial charge in [0.05, 0.1) is 5.39 Å². The summed E-state index contributed by atoms with van der Waals surface area (Å²) in [5, 5.41) is 6.39. The molecule has 0 bridgehead atoms. The highest BCUT2D eigenvalue weighted by Crippen LogP contribution is 2.23. The van der Waals surface area contributed by atoms with Crippen molar-refractivity contribution in [2.45, 2.75) is 6.42 Å². The SMILES string of the molecule is C(#Cc1cccnc1)CCNc1ncnc2sccc12. The zero-order valence-electron chi connectivity index (χ0n) is 10.7. The number of hydrogen-bond donors (Lipinski definition) is 1. The number of thiophene rings is 1. The van der Waals surface area contributed by atoms with Gasteiger partial charge in [0.2, 0.25) is 0 Å². The molecule has 0 aliphatic heterocycles. The van der Waals surface area contributed by atoms with Crippen LogP contribution in [-0.2, 0) is 0 Å². The first-order valence-corrected chi connectivity index (χ1v) is 7.12. The van der Waals surface area contributed by atoms with Crippen LogP contribution in [0.5, 0.6) is 0 Å². The normalized spacial score (nSPS) is 10.0. The van der Waals surface area contributed by atoms with Gasteiger partial charge in [-0.2, -0.15) is 0 Å². The van der Waals surface area contributed by atoms with Gasteiger partial charge in [-0.05, 0) is 23.6 Å². The fourth-order valence-corrected chi connectivity index (χ4v) is 2.51. The van der Waals surface area contributed by atoms with Crippen LogP contribution in [0.4, 0.5) is 5.82 Å². The van der Waals surface area contributed by atoms with Crippen LogP contribution in [0.1, 0.15) is 12.0 Å². The van der Waals surface area contributed by atoms with E-state index in [2.05, 4.69) is 32.1 Å². The molecular formula is C15H12N4S. The van der Waals surface area contributed by atoms with Gasteiger partial charge in [-0.15, -0.1) is 11.3 Å². The predicted molar refractivity (Wildman–Crippen MR) is 81.6 cm³/mol. The minimum absolute atomic E-state index is 0.754. The molecule has 3 rings (SSSR count). The summed E-state index contributed by atoms with van der Waals surface area (Å²) < 4.78 is 0. The molecular weight excluding hydrogens is 268 g/mol. The molecule has 4 nitrogen and oxygen atoms in total. The fraction of sp³-hybridized carbons (Fsp3) is 0.133. The first-order valence-electron chi connectivity index (χ1n) is 6.24. The number of hydrogen-bond acceptors (Lipinski definition) is 5. The number of fused-ring (bicyclic) bond motifs is 1. The van der Waals surface area contributed by atoms with Gasteiger partial charge in [0.1, 0.15) is 17.0 Å². The molecule has 0 aliphatic rings. The van der Waals surface area contributed by atoms with Crippen LogP contribution in [0.3, 0.4) is 0 Å². The van der Waals surface area contributed by atoms with Crippen molar-refractivity contribution in [3.63, 3.8) is 0 Å². The van der Waals surface area contributed by atoms with Crippen molar-refractivity contribution in [1.29, 1.82) is 0 Å². The van der Waals surface area contributed by atoms with Crippen LogP contribution in [-0.4, -0.2) is 21.5 Å². The summed E-state index contributed by atoms with van der Waals surface area (Å²) in [5.41, 5.74) is 0.940. The molecule has 20 heavy (non-hydrogen) atoms. The molecule has 1 N–H and O–H groups in total. The number of anilines is 1. The lowest BCUT2D eigenvalue weighted by molar-refractivity contribution is 1.07. The monoisotopic (exact) mass is 280 g/mol. The lowest BCUT2D eigenvalue weighted by Gasteiger charge is -2.03. The number of nitrogens with zero attached hydrogens (tertiary/aromatic N) is 3. The van der Waals surface area contributed by atoms with Gasteiger partial charge in [0.25, 0.3) is 0 Å². The second-order valence-electron chi connectivity index (χ2n) is 4.08. The lowest BCUT2D eigenvalue weighted by Crippen LogP contribution is -2.02. The Morgan fingerprint density at radius 3 is 3.15 bits per heavy atom. The van der Waals surface area contributed by atoms with Gasteiger partial charge in [-0.1, -0.05) is 11.8 Å². The van der Waals surface area contributed by atoms with Gasteiger partial charge >= 0.3 is 0 Å². The minimum atomic E-state index is 0.754. The summed E-state index contributed by atoms with van der Waals surface area (Å²) in [6.07, 6.45) is 5.85. The highest BCUT2D eigenvalue weighted by Gasteiger charge is 2.02. The van der Waals surface area contributed by atoms with Crippen molar-refractivity contribution in [2.75, 3.05) is 11.9 Å². The maximum atomic E-state index is 4.26. The second-order valence-corrected chi connectivity index (χ2v) is 4.98. The van der Waals surface area contributed by atoms with Crippen molar-refractivity contribution in [3.05, 3.63) is 47.9 Å². The van der Waals surface area contributed by atoms with E-state index < -0.39 is 0 Å². The second kappa shape index (κ2) is 6.13. The molecule has 0 aliphatic carbocycles. The predicted octanol–water partition coefficient (Wildman–Crippen LogP) is 2.94. The molecule has 3 heterocycles. The van der Waals surface area contributed by atoms with E-state index >= 15 is 0 Å². The van der Waals surface area contributed by atoms with E-state index in [0.717, 1.165) is 34.6 Å². The molecule has 5 heteroatoms. The third-order valence-electron chi connectivity index (χ3n) is 2.70. The zero-order valence-corrected chi connectivity index (χ0v) is 11.5. The summed E-state index contributed by atoms with van der Waals surface area (Å²) in [5.74, 6) is 7.07. The Hall–Kier alpha value is -2.45. The fourth-order valence-electron chi connectivity index (χ4n) is 1.78. The molecule has 98 valence electrons. The van der Waals surface area contributed by atoms with Crippen molar-refractivity contribution < 1.29 is 0 Å². The maximum absolute atomic E-state index is 4.26. The van der Waals surface area contributed by atoms with Crippen LogP contribution >= 0.6 is 11.3 Å². The van der Waals surface area contributed by atoms with Gasteiger partial charge in [0.15, 0.2) is 0 Å². The van der Waals surface area contributed by atoms with Crippen molar-refractivity contribution in [2.24, 2.45) is 0 Å². The van der Waals surface area contributed by atoms with E-state index in [9.17, 15) is 0 Å². The molecule has 0 spiro atoms. The average molecular weight is 280 g/mol. The zero-order chi connectivity index (χ0) is 13.6. The van der Waals surface area contributed by atoms with Crippen LogP contribution < -0.4 is 5.32 Å². The molecule has 3 aromatic rings. The summed E-state index contributed by atoms with van der Waals surface area (Å²) >= 11 is 1.62. The Labute approximate surface area is 120 Å². The van der Waals surface area contributed by atoms with Crippen LogP contribution in [0.15, 0.2) is 42.3 Å². The molecule has 0 amide bonds. The van der Waals surface area contributed by atoms with E-state index in [4.69, 9.17) is 0 Å². The quantitative estimate of drug-likeness (QED) is 0.592. The Kier molecular flexibility index (Phi) is 3.86. The summed E-state index contributed by atoms with van der Waals surface area (Å²) in [6.45, 7) is 0.759. The maximum Gasteiger partial charge on any atom is 0.138 e. The molecule has 0 radical (unpaired) electrons. The third-order valence-corrected chi connectivity index (χ3v) is 3.52. The summed E-state index contributed by atoms with van der Waals surface area (Å²) in [7, 11) is 0. The Bertz CT molecular complexity index is 755. The third kappa shape index (κ3) is 2.92. The van der Waals surface area contributed by atoms with Crippen LogP contribution in [0.25, 0.3) is 10.2 Å². The standard InChI is InChI=1S/C15H12N4S/c1(4-12-5-3-7-16-10-12)2-8-17-14-13-6-9-20-15(13)19-11-18-14/h3,5-7,9-11H,2,8H2,(H,17,18,19). The van der Waals surface area contributed by atoms with E-state index in [0.29, 0.717) is 0 Å². The molecule has 0 aromatic carbocycles. The first-order chi connectivity index (χ1) is 9.93. The van der Waals surface area contributed by atoms with Gasteiger partial charge in [0, 0.05) is 30.9 Å². The summed E-state index contributed by atoms with van der Waals surface area (Å²) in [4.78, 5) is 13.5. The number of pyridine rings is 1. The van der Waals surface area contributed by atoms with Gasteiger partial charge < -0.3 is 5.32 Å².